The molecule has 0 aliphatic heterocycles. The second-order valence-corrected chi connectivity index (χ2v) is 2.83. The molecule has 0 aliphatic rings. The molecule has 0 radical (unpaired) electrons. The SMILES string of the molecule is CNc1nnnn1CC(C)C. The van der Waals surface area contributed by atoms with Gasteiger partial charge in [0.2, 0.25) is 5.95 Å². The maximum absolute atomic E-state index is 3.82. The summed E-state index contributed by atoms with van der Waals surface area (Å²) in [5, 5.41) is 14.1. The summed E-state index contributed by atoms with van der Waals surface area (Å²) >= 11 is 0. The van der Waals surface area contributed by atoms with E-state index in [4.69, 9.17) is 0 Å². The zero-order valence-corrected chi connectivity index (χ0v) is 7.07. The number of hydrogen-bond acceptors (Lipinski definition) is 4. The van der Waals surface area contributed by atoms with Crippen LogP contribution in [0.25, 0.3) is 0 Å². The molecule has 1 N–H and O–H groups in total. The van der Waals surface area contributed by atoms with Crippen molar-refractivity contribution < 1.29 is 0 Å². The molecule has 0 aliphatic carbocycles. The predicted octanol–water partition coefficient (Wildman–Crippen LogP) is 0.371. The van der Waals surface area contributed by atoms with Gasteiger partial charge in [0.15, 0.2) is 0 Å². The molecule has 0 saturated carbocycles. The molecule has 0 spiro atoms. The van der Waals surface area contributed by atoms with Gasteiger partial charge < -0.3 is 5.32 Å². The number of hydrogen-bond donors (Lipinski definition) is 1. The number of nitrogens with one attached hydrogen (secondary N) is 1. The van der Waals surface area contributed by atoms with E-state index in [2.05, 4.69) is 34.7 Å². The third-order valence-corrected chi connectivity index (χ3v) is 1.29. The van der Waals surface area contributed by atoms with Crippen LogP contribution in [-0.4, -0.2) is 27.3 Å². The highest BCUT2D eigenvalue weighted by molar-refractivity contribution is 5.18. The molecule has 0 aromatic carbocycles. The van der Waals surface area contributed by atoms with Gasteiger partial charge in [0.1, 0.15) is 0 Å². The fourth-order valence-electron chi connectivity index (χ4n) is 0.853. The summed E-state index contributed by atoms with van der Waals surface area (Å²) in [5.41, 5.74) is 0. The van der Waals surface area contributed by atoms with Crippen LogP contribution >= 0.6 is 0 Å². The quantitative estimate of drug-likeness (QED) is 0.685. The molecular formula is C6H13N5. The van der Waals surface area contributed by atoms with Crippen LogP contribution in [0, 0.1) is 5.92 Å². The summed E-state index contributed by atoms with van der Waals surface area (Å²) in [6.45, 7) is 5.10. The Morgan fingerprint density at radius 2 is 2.27 bits per heavy atom. The van der Waals surface area contributed by atoms with E-state index in [0.717, 1.165) is 12.5 Å². The lowest BCUT2D eigenvalue weighted by Gasteiger charge is -2.05. The first-order valence-corrected chi connectivity index (χ1v) is 3.68. The van der Waals surface area contributed by atoms with Crippen molar-refractivity contribution in [2.24, 2.45) is 5.92 Å². The summed E-state index contributed by atoms with van der Waals surface area (Å²) in [4.78, 5) is 0. The second kappa shape index (κ2) is 3.32. The Balaban J connectivity index is 2.68. The van der Waals surface area contributed by atoms with E-state index >= 15 is 0 Å². The van der Waals surface area contributed by atoms with Crippen molar-refractivity contribution in [3.8, 4) is 0 Å². The van der Waals surface area contributed by atoms with E-state index in [1.807, 2.05) is 7.05 Å². The lowest BCUT2D eigenvalue weighted by molar-refractivity contribution is 0.476. The average Bonchev–Trinajstić information content (AvgIpc) is 2.34. The number of anilines is 1. The third kappa shape index (κ3) is 1.89. The van der Waals surface area contributed by atoms with Gasteiger partial charge in [-0.2, -0.15) is 0 Å². The highest BCUT2D eigenvalue weighted by Crippen LogP contribution is 2.02. The first-order valence-electron chi connectivity index (χ1n) is 3.68. The topological polar surface area (TPSA) is 55.6 Å². The van der Waals surface area contributed by atoms with Crippen LogP contribution in [0.15, 0.2) is 0 Å². The van der Waals surface area contributed by atoms with E-state index in [0.29, 0.717) is 5.92 Å². The second-order valence-electron chi connectivity index (χ2n) is 2.83. The average molecular weight is 155 g/mol. The van der Waals surface area contributed by atoms with Gasteiger partial charge in [-0.3, -0.25) is 0 Å². The fraction of sp³-hybridized carbons (Fsp3) is 0.833. The molecule has 62 valence electrons. The molecule has 0 amide bonds. The van der Waals surface area contributed by atoms with Crippen LogP contribution in [0.2, 0.25) is 0 Å². The van der Waals surface area contributed by atoms with Crippen LogP contribution in [0.5, 0.6) is 0 Å². The Bertz CT molecular complexity index is 217. The van der Waals surface area contributed by atoms with Crippen molar-refractivity contribution in [2.45, 2.75) is 20.4 Å². The molecule has 0 atom stereocenters. The largest absolute Gasteiger partial charge is 0.356 e. The summed E-state index contributed by atoms with van der Waals surface area (Å²) in [6.07, 6.45) is 0. The fourth-order valence-corrected chi connectivity index (χ4v) is 0.853. The summed E-state index contributed by atoms with van der Waals surface area (Å²) < 4.78 is 1.75. The Morgan fingerprint density at radius 3 is 2.82 bits per heavy atom. The molecule has 1 aromatic rings. The number of aromatic nitrogens is 4. The molecular weight excluding hydrogens is 142 g/mol. The molecule has 1 heterocycles. The van der Waals surface area contributed by atoms with Gasteiger partial charge in [-0.1, -0.05) is 18.9 Å². The van der Waals surface area contributed by atoms with Crippen molar-refractivity contribution in [1.82, 2.24) is 20.2 Å². The van der Waals surface area contributed by atoms with Crippen LogP contribution < -0.4 is 5.32 Å². The van der Waals surface area contributed by atoms with Crippen molar-refractivity contribution >= 4 is 5.95 Å². The first kappa shape index (κ1) is 7.97. The maximum Gasteiger partial charge on any atom is 0.242 e. The molecule has 1 aromatic heterocycles. The molecule has 5 nitrogen and oxygen atoms in total. The number of tetrazole rings is 1. The minimum Gasteiger partial charge on any atom is -0.356 e. The summed E-state index contributed by atoms with van der Waals surface area (Å²) in [5.74, 6) is 1.28. The Kier molecular flexibility index (Phi) is 2.40. The van der Waals surface area contributed by atoms with Crippen LogP contribution in [0.3, 0.4) is 0 Å². The minimum absolute atomic E-state index is 0.561. The molecule has 0 saturated heterocycles. The molecule has 0 unspecified atom stereocenters. The normalized spacial score (nSPS) is 10.5. The van der Waals surface area contributed by atoms with Crippen molar-refractivity contribution in [3.05, 3.63) is 0 Å². The van der Waals surface area contributed by atoms with Gasteiger partial charge in [-0.05, 0) is 16.3 Å². The number of rotatable bonds is 3. The molecule has 0 bridgehead atoms. The van der Waals surface area contributed by atoms with Gasteiger partial charge in [0.05, 0.1) is 0 Å². The van der Waals surface area contributed by atoms with E-state index in [1.54, 1.807) is 4.68 Å². The van der Waals surface area contributed by atoms with Crippen molar-refractivity contribution in [3.63, 3.8) is 0 Å². The maximum atomic E-state index is 3.82. The first-order chi connectivity index (χ1) is 5.24. The van der Waals surface area contributed by atoms with E-state index in [9.17, 15) is 0 Å². The smallest absolute Gasteiger partial charge is 0.242 e. The summed E-state index contributed by atoms with van der Waals surface area (Å²) in [6, 6.07) is 0. The summed E-state index contributed by atoms with van der Waals surface area (Å²) in [7, 11) is 1.81. The van der Waals surface area contributed by atoms with Gasteiger partial charge in [0.25, 0.3) is 0 Å². The Labute approximate surface area is 65.8 Å². The number of nitrogens with zero attached hydrogens (tertiary/aromatic N) is 4. The predicted molar refractivity (Wildman–Crippen MR) is 42.2 cm³/mol. The highest BCUT2D eigenvalue weighted by atomic mass is 15.6. The zero-order valence-electron chi connectivity index (χ0n) is 7.07. The van der Waals surface area contributed by atoms with E-state index in [1.165, 1.54) is 0 Å². The van der Waals surface area contributed by atoms with Gasteiger partial charge in [-0.25, -0.2) is 4.68 Å². The van der Waals surface area contributed by atoms with Crippen LogP contribution in [-0.2, 0) is 6.54 Å². The molecule has 1 rings (SSSR count). The van der Waals surface area contributed by atoms with Gasteiger partial charge in [-0.15, -0.1) is 0 Å². The third-order valence-electron chi connectivity index (χ3n) is 1.29. The van der Waals surface area contributed by atoms with Gasteiger partial charge in [0, 0.05) is 13.6 Å². The van der Waals surface area contributed by atoms with Crippen LogP contribution in [0.4, 0.5) is 5.95 Å². The molecule has 5 heteroatoms. The standard InChI is InChI=1S/C6H13N5/c1-5(2)4-11-6(7-3)8-9-10-11/h5H,4H2,1-3H3,(H,7,8,10). The lowest BCUT2D eigenvalue weighted by Crippen LogP contribution is -2.09. The van der Waals surface area contributed by atoms with E-state index in [-0.39, 0.29) is 0 Å². The molecule has 0 fully saturated rings. The zero-order chi connectivity index (χ0) is 8.27. The monoisotopic (exact) mass is 155 g/mol. The van der Waals surface area contributed by atoms with Gasteiger partial charge >= 0.3 is 0 Å². The van der Waals surface area contributed by atoms with Crippen LogP contribution in [0.1, 0.15) is 13.8 Å². The van der Waals surface area contributed by atoms with E-state index < -0.39 is 0 Å². The minimum atomic E-state index is 0.561. The highest BCUT2D eigenvalue weighted by Gasteiger charge is 2.03. The van der Waals surface area contributed by atoms with Crippen molar-refractivity contribution in [2.75, 3.05) is 12.4 Å². The lowest BCUT2D eigenvalue weighted by atomic mass is 10.2. The Morgan fingerprint density at radius 1 is 1.55 bits per heavy atom. The molecule has 11 heavy (non-hydrogen) atoms. The van der Waals surface area contributed by atoms with Crippen molar-refractivity contribution in [1.29, 1.82) is 0 Å². The Hall–Kier alpha value is -1.13.